The summed E-state index contributed by atoms with van der Waals surface area (Å²) >= 11 is 6.36. The molecule has 5 heteroatoms. The van der Waals surface area contributed by atoms with Gasteiger partial charge in [0.2, 0.25) is 5.69 Å². The second-order valence-corrected chi connectivity index (χ2v) is 19.4. The van der Waals surface area contributed by atoms with Gasteiger partial charge in [0.05, 0.1) is 5.41 Å². The molecule has 0 amide bonds. The lowest BCUT2D eigenvalue weighted by Gasteiger charge is -2.27. The lowest BCUT2D eigenvalue weighted by molar-refractivity contribution is -0.438. The maximum Gasteiger partial charge on any atom is 0.209 e. The number of anilines is 1. The molecule has 3 nitrogen and oxygen atoms in total. The quantitative estimate of drug-likeness (QED) is 0.0771. The minimum Gasteiger partial charge on any atom is -0.344 e. The fraction of sp³-hybridized carbons (Fsp3) is 0.585. The lowest BCUT2D eigenvalue weighted by atomic mass is 9.81. The Labute approximate surface area is 365 Å². The van der Waals surface area contributed by atoms with Gasteiger partial charge < -0.3 is 4.90 Å². The first-order valence-electron chi connectivity index (χ1n) is 23.1. The van der Waals surface area contributed by atoms with E-state index in [4.69, 9.17) is 0 Å². The molecule has 0 fully saturated rings. The number of thioether (sulfide) groups is 1. The molecule has 5 rings (SSSR count). The van der Waals surface area contributed by atoms with Crippen LogP contribution >= 0.6 is 24.4 Å². The average Bonchev–Trinajstić information content (AvgIpc) is 3.57. The highest BCUT2D eigenvalue weighted by Gasteiger charge is 2.44. The number of hydrogen-bond donors (Lipinski definition) is 1. The van der Waals surface area contributed by atoms with Crippen molar-refractivity contribution in [1.82, 2.24) is 0 Å². The molecule has 0 radical (unpaired) electrons. The molecule has 0 unspecified atom stereocenters. The molecule has 0 bridgehead atoms. The van der Waals surface area contributed by atoms with Crippen LogP contribution in [0.25, 0.3) is 0 Å². The molecule has 0 saturated heterocycles. The third-order valence-corrected chi connectivity index (χ3v) is 14.3. The lowest BCUT2D eigenvalue weighted by Crippen LogP contribution is -2.28. The normalized spacial score (nSPS) is 18.4. The number of fused-ring (bicyclic) bond motifs is 2. The number of carbonyl (C=O) groups is 1. The zero-order valence-corrected chi connectivity index (χ0v) is 39.8. The molecule has 318 valence electrons. The van der Waals surface area contributed by atoms with Gasteiger partial charge in [0, 0.05) is 64.5 Å². The Morgan fingerprint density at radius 2 is 1.53 bits per heavy atom. The van der Waals surface area contributed by atoms with Gasteiger partial charge >= 0.3 is 0 Å². The number of unbranched alkanes of at least 4 members (excludes halogenated alkanes) is 5. The Balaban J connectivity index is 0.000000592. The van der Waals surface area contributed by atoms with Gasteiger partial charge in [-0.15, -0.1) is 11.8 Å². The van der Waals surface area contributed by atoms with E-state index >= 15 is 0 Å². The van der Waals surface area contributed by atoms with E-state index in [1.165, 1.54) is 108 Å². The van der Waals surface area contributed by atoms with Crippen molar-refractivity contribution in [2.45, 2.75) is 169 Å². The van der Waals surface area contributed by atoms with Gasteiger partial charge in [0.15, 0.2) is 5.71 Å². The minimum atomic E-state index is -0.0701. The maximum atomic E-state index is 12.0. The number of allylic oxidation sites excluding steroid dienone is 7. The second kappa shape index (κ2) is 23.9. The molecule has 0 spiro atoms. The summed E-state index contributed by atoms with van der Waals surface area (Å²) in [7, 11) is 0. The van der Waals surface area contributed by atoms with E-state index in [-0.39, 0.29) is 16.6 Å². The number of nitrogens with zero attached hydrogens (tertiary/aromatic N) is 2. The van der Waals surface area contributed by atoms with Crippen molar-refractivity contribution >= 4 is 47.3 Å². The SMILES string of the molecule is CCCCCCC(CC)CC.CCCCN1/C(=C/C=C2\CCCC(/C=C/C3=[N+](CCCCS)c4ccccc4C3(C)C)=C2SCCC(C)=O)C(C)(C)c2ccccc21. The van der Waals surface area contributed by atoms with Gasteiger partial charge in [-0.2, -0.15) is 17.2 Å². The van der Waals surface area contributed by atoms with Crippen LogP contribution in [-0.2, 0) is 15.6 Å². The van der Waals surface area contributed by atoms with E-state index in [1.54, 1.807) is 6.92 Å². The third kappa shape index (κ3) is 12.4. The van der Waals surface area contributed by atoms with E-state index in [1.807, 2.05) is 11.8 Å². The highest BCUT2D eigenvalue weighted by Crippen LogP contribution is 2.48. The summed E-state index contributed by atoms with van der Waals surface area (Å²) in [5.41, 5.74) is 10.9. The van der Waals surface area contributed by atoms with Gasteiger partial charge in [0.1, 0.15) is 12.3 Å². The Hall–Kier alpha value is -2.76. The largest absolute Gasteiger partial charge is 0.344 e. The van der Waals surface area contributed by atoms with Crippen LogP contribution in [0.4, 0.5) is 11.4 Å². The van der Waals surface area contributed by atoms with E-state index in [2.05, 4.69) is 150 Å². The van der Waals surface area contributed by atoms with E-state index in [0.29, 0.717) is 6.42 Å². The molecule has 0 aromatic heterocycles. The number of hydrogen-bond acceptors (Lipinski definition) is 4. The van der Waals surface area contributed by atoms with E-state index in [0.717, 1.165) is 62.6 Å². The molecular formula is C53H79N2OS2+. The highest BCUT2D eigenvalue weighted by molar-refractivity contribution is 8.03. The van der Waals surface area contributed by atoms with Crippen molar-refractivity contribution in [2.24, 2.45) is 5.92 Å². The molecule has 58 heavy (non-hydrogen) atoms. The highest BCUT2D eigenvalue weighted by atomic mass is 32.2. The van der Waals surface area contributed by atoms with Crippen LogP contribution in [0, 0.1) is 5.92 Å². The first-order chi connectivity index (χ1) is 28.0. The molecule has 2 heterocycles. The first-order valence-corrected chi connectivity index (χ1v) is 24.7. The van der Waals surface area contributed by atoms with Gasteiger partial charge in [-0.3, -0.25) is 4.79 Å². The van der Waals surface area contributed by atoms with Crippen LogP contribution in [0.3, 0.4) is 0 Å². The summed E-state index contributed by atoms with van der Waals surface area (Å²) in [6, 6.07) is 17.9. The van der Waals surface area contributed by atoms with Gasteiger partial charge in [-0.25, -0.2) is 0 Å². The summed E-state index contributed by atoms with van der Waals surface area (Å²) < 4.78 is 2.55. The molecule has 0 saturated carbocycles. The minimum absolute atomic E-state index is 0.0550. The number of rotatable bonds is 21. The Bertz CT molecular complexity index is 1790. The van der Waals surface area contributed by atoms with Crippen LogP contribution in [0.2, 0.25) is 0 Å². The zero-order valence-electron chi connectivity index (χ0n) is 38.1. The second-order valence-electron chi connectivity index (χ2n) is 17.9. The van der Waals surface area contributed by atoms with E-state index < -0.39 is 0 Å². The van der Waals surface area contributed by atoms with E-state index in [9.17, 15) is 4.79 Å². The molecule has 0 N–H and O–H groups in total. The fourth-order valence-corrected chi connectivity index (χ4v) is 10.6. The smallest absolute Gasteiger partial charge is 0.209 e. The van der Waals surface area contributed by atoms with Crippen molar-refractivity contribution in [3.8, 4) is 0 Å². The fourth-order valence-electron chi connectivity index (χ4n) is 9.08. The van der Waals surface area contributed by atoms with Crippen molar-refractivity contribution in [3.63, 3.8) is 0 Å². The Kier molecular flexibility index (Phi) is 19.7. The van der Waals surface area contributed by atoms with Crippen LogP contribution < -0.4 is 4.90 Å². The summed E-state index contributed by atoms with van der Waals surface area (Å²) in [4.78, 5) is 15.9. The monoisotopic (exact) mass is 824 g/mol. The summed E-state index contributed by atoms with van der Waals surface area (Å²) in [5.74, 6) is 3.00. The van der Waals surface area contributed by atoms with Crippen molar-refractivity contribution in [2.75, 3.05) is 29.5 Å². The molecule has 1 aliphatic carbocycles. The number of Topliss-reactive ketones (excluding diaryl/α,β-unsaturated/α-hetero) is 1. The Morgan fingerprint density at radius 3 is 2.22 bits per heavy atom. The predicted molar refractivity (Wildman–Crippen MR) is 261 cm³/mol. The maximum absolute atomic E-state index is 12.0. The third-order valence-electron chi connectivity index (χ3n) is 12.8. The molecule has 3 aliphatic rings. The molecular weight excluding hydrogens is 745 g/mol. The van der Waals surface area contributed by atoms with Crippen LogP contribution in [0.15, 0.2) is 94.6 Å². The number of carbonyl (C=O) groups excluding carboxylic acids is 1. The molecule has 2 aromatic carbocycles. The van der Waals surface area contributed by atoms with Crippen LogP contribution in [0.1, 0.15) is 170 Å². The first kappa shape index (κ1) is 47.9. The van der Waals surface area contributed by atoms with Gasteiger partial charge in [0.25, 0.3) is 0 Å². The van der Waals surface area contributed by atoms with Gasteiger partial charge in [-0.05, 0) is 93.4 Å². The number of para-hydroxylation sites is 2. The topological polar surface area (TPSA) is 23.3 Å². The molecule has 2 aromatic rings. The number of benzene rings is 2. The number of thiol groups is 1. The summed E-state index contributed by atoms with van der Waals surface area (Å²) in [6.45, 7) is 22.4. The zero-order chi connectivity index (χ0) is 42.1. The van der Waals surface area contributed by atoms with Crippen LogP contribution in [-0.4, -0.2) is 40.7 Å². The standard InChI is InChI=1S/C42H54N2OS2.C11H24/c1-7-8-27-43-36-20-11-9-18-34(36)41(3,4)38(43)24-22-32-16-15-17-33(40(32)47-30-26-31(2)45)23-25-39-42(5,6)35-19-10-12-21-37(35)44(39)28-13-14-29-46;1-4-7-8-9-10-11(5-2)6-3/h9-12,18-25H,7-8,13-17,26-30H2,1-6H3;11H,4-10H2,1-3H3/p+1. The Morgan fingerprint density at radius 1 is 0.828 bits per heavy atom. The van der Waals surface area contributed by atoms with Crippen molar-refractivity contribution < 1.29 is 9.37 Å². The van der Waals surface area contributed by atoms with Crippen molar-refractivity contribution in [3.05, 3.63) is 106 Å². The average molecular weight is 824 g/mol. The molecule has 2 aliphatic heterocycles. The van der Waals surface area contributed by atoms with Crippen LogP contribution in [0.5, 0.6) is 0 Å². The van der Waals surface area contributed by atoms with Gasteiger partial charge in [-0.1, -0.05) is 141 Å². The predicted octanol–water partition coefficient (Wildman–Crippen LogP) is 15.3. The van der Waals surface area contributed by atoms with Crippen molar-refractivity contribution in [1.29, 1.82) is 0 Å². The molecule has 0 atom stereocenters. The summed E-state index contributed by atoms with van der Waals surface area (Å²) in [5, 5.41) is 0. The number of ketones is 1. The summed E-state index contributed by atoms with van der Waals surface area (Å²) in [6.07, 6.45) is 28.0.